The van der Waals surface area contributed by atoms with Crippen LogP contribution in [0.1, 0.15) is 148 Å². The summed E-state index contributed by atoms with van der Waals surface area (Å²) in [7, 11) is 2.15. The van der Waals surface area contributed by atoms with Gasteiger partial charge in [-0.25, -0.2) is 0 Å². The highest BCUT2D eigenvalue weighted by Gasteiger charge is 2.11. The van der Waals surface area contributed by atoms with Gasteiger partial charge in [-0.15, -0.1) is 0 Å². The first-order valence-corrected chi connectivity index (χ1v) is 15.8. The zero-order valence-corrected chi connectivity index (χ0v) is 27.7. The van der Waals surface area contributed by atoms with Gasteiger partial charge in [-0.1, -0.05) is 144 Å². The van der Waals surface area contributed by atoms with Gasteiger partial charge in [0.2, 0.25) is 0 Å². The van der Waals surface area contributed by atoms with Crippen molar-refractivity contribution < 1.29 is 0 Å². The Kier molecular flexibility index (Phi) is 37.6. The van der Waals surface area contributed by atoms with E-state index in [0.29, 0.717) is 18.1 Å². The van der Waals surface area contributed by atoms with Crippen molar-refractivity contribution in [2.75, 3.05) is 20.1 Å². The maximum absolute atomic E-state index is 3.46. The Hall–Kier alpha value is -1.68. The average molecular weight is 604 g/mol. The monoisotopic (exact) mass is 604 g/mol. The number of hydrogen-bond acceptors (Lipinski definition) is 3. The van der Waals surface area contributed by atoms with Gasteiger partial charge in [0.15, 0.2) is 0 Å². The third-order valence-corrected chi connectivity index (χ3v) is 7.03. The fourth-order valence-electron chi connectivity index (χ4n) is 4.40. The molecule has 1 aliphatic heterocycles. The van der Waals surface area contributed by atoms with E-state index in [0.717, 1.165) is 18.5 Å². The van der Waals surface area contributed by atoms with Crippen LogP contribution in [0.2, 0.25) is 0 Å². The quantitative estimate of drug-likeness (QED) is 0.307. The third kappa shape index (κ3) is 28.8. The first-order chi connectivity index (χ1) is 18.5. The van der Waals surface area contributed by atoms with Gasteiger partial charge in [0, 0.05) is 30.7 Å². The molecule has 256 valence electrons. The Morgan fingerprint density at radius 2 is 1.16 bits per heavy atom. The number of rotatable bonds is 9. The van der Waals surface area contributed by atoms with Crippen LogP contribution in [0.3, 0.4) is 0 Å². The molecule has 3 heteroatoms. The number of benzene rings is 2. The molecule has 0 aromatic heterocycles. The molecule has 0 saturated carbocycles. The van der Waals surface area contributed by atoms with Crippen molar-refractivity contribution in [3.8, 4) is 0 Å². The third-order valence-electron chi connectivity index (χ3n) is 7.03. The normalized spacial score (nSPS) is 13.0. The van der Waals surface area contributed by atoms with E-state index in [1.165, 1.54) is 56.3 Å². The van der Waals surface area contributed by atoms with Gasteiger partial charge in [0.25, 0.3) is 0 Å². The summed E-state index contributed by atoms with van der Waals surface area (Å²) < 4.78 is 0. The van der Waals surface area contributed by atoms with E-state index in [2.05, 4.69) is 146 Å². The van der Waals surface area contributed by atoms with Crippen LogP contribution in [0.25, 0.3) is 0 Å². The SMILES string of the molecule is C.C.C.C.CC(C)N(C)Cc1ccccc1.CC(C)N1CCCCC1.CC(C)NC(C)c1ccccc1.CCCC(C)C. The average Bonchev–Trinajstić information content (AvgIpc) is 2.91. The molecule has 0 amide bonds. The van der Waals surface area contributed by atoms with Crippen molar-refractivity contribution in [3.05, 3.63) is 71.8 Å². The molecule has 1 saturated heterocycles. The van der Waals surface area contributed by atoms with E-state index in [-0.39, 0.29) is 29.7 Å². The van der Waals surface area contributed by atoms with Gasteiger partial charge in [-0.2, -0.15) is 0 Å². The largest absolute Gasteiger partial charge is 0.308 e. The Balaban J connectivity index is -0.000000149. The molecule has 1 fully saturated rings. The highest BCUT2D eigenvalue weighted by Crippen LogP contribution is 2.12. The lowest BCUT2D eigenvalue weighted by Crippen LogP contribution is -2.35. The lowest BCUT2D eigenvalue weighted by Gasteiger charge is -2.29. The number of likely N-dealkylation sites (tertiary alicyclic amines) is 1. The molecule has 0 spiro atoms. The molecule has 2 aromatic rings. The van der Waals surface area contributed by atoms with Crippen LogP contribution < -0.4 is 5.32 Å². The molecule has 2 aromatic carbocycles. The van der Waals surface area contributed by atoms with E-state index in [9.17, 15) is 0 Å². The van der Waals surface area contributed by atoms with Crippen LogP contribution in [0.15, 0.2) is 60.7 Å². The molecule has 1 atom stereocenters. The molecular formula is C40H81N3. The van der Waals surface area contributed by atoms with E-state index < -0.39 is 0 Å². The summed E-state index contributed by atoms with van der Waals surface area (Å²) in [6.07, 6.45) is 6.98. The number of nitrogens with one attached hydrogen (secondary N) is 1. The maximum Gasteiger partial charge on any atom is 0.0294 e. The van der Waals surface area contributed by atoms with E-state index in [4.69, 9.17) is 0 Å². The first kappa shape index (κ1) is 50.9. The number of piperidine rings is 1. The minimum absolute atomic E-state index is 0. The second kappa shape index (κ2) is 31.7. The fraction of sp³-hybridized carbons (Fsp3) is 0.700. The Morgan fingerprint density at radius 3 is 1.49 bits per heavy atom. The van der Waals surface area contributed by atoms with Crippen molar-refractivity contribution >= 4 is 0 Å². The van der Waals surface area contributed by atoms with Gasteiger partial charge in [0.05, 0.1) is 0 Å². The summed E-state index contributed by atoms with van der Waals surface area (Å²) in [5, 5.41) is 3.46. The van der Waals surface area contributed by atoms with Crippen LogP contribution in [0.5, 0.6) is 0 Å². The number of nitrogens with zero attached hydrogens (tertiary/aromatic N) is 2. The Bertz CT molecular complexity index is 765. The molecule has 1 heterocycles. The lowest BCUT2D eigenvalue weighted by molar-refractivity contribution is 0.185. The molecule has 3 nitrogen and oxygen atoms in total. The van der Waals surface area contributed by atoms with Crippen molar-refractivity contribution in [1.82, 2.24) is 15.1 Å². The van der Waals surface area contributed by atoms with Crippen LogP contribution in [-0.4, -0.2) is 48.1 Å². The summed E-state index contributed by atoms with van der Waals surface area (Å²) in [5.74, 6) is 0.898. The molecule has 1 aliphatic rings. The van der Waals surface area contributed by atoms with Crippen molar-refractivity contribution in [2.24, 2.45) is 5.92 Å². The van der Waals surface area contributed by atoms with Gasteiger partial charge in [-0.3, -0.25) is 4.90 Å². The molecular weight excluding hydrogens is 522 g/mol. The topological polar surface area (TPSA) is 18.5 Å². The smallest absolute Gasteiger partial charge is 0.0294 e. The highest BCUT2D eigenvalue weighted by atomic mass is 15.1. The lowest BCUT2D eigenvalue weighted by atomic mass is 10.1. The fourth-order valence-corrected chi connectivity index (χ4v) is 4.40. The zero-order valence-electron chi connectivity index (χ0n) is 27.7. The minimum atomic E-state index is 0. The summed E-state index contributed by atoms with van der Waals surface area (Å²) >= 11 is 0. The highest BCUT2D eigenvalue weighted by molar-refractivity contribution is 5.18. The maximum atomic E-state index is 3.46. The molecule has 43 heavy (non-hydrogen) atoms. The van der Waals surface area contributed by atoms with Gasteiger partial charge < -0.3 is 10.2 Å². The standard InChI is InChI=1S/2C11H17N.C8H17N.C6H14.4CH4/c1-10(2)12(3)9-11-7-5-4-6-8-11;1-9(2)12-10(3)11-7-5-4-6-8-11;1-8(2)9-6-4-3-5-7-9;1-4-5-6(2)3;;;;/h4-8,10H,9H2,1-3H3;4-10,12H,1-3H3;8H,3-7H2,1-2H3;6H,4-5H2,1-3H3;4*1H4. The second-order valence-electron chi connectivity index (χ2n) is 12.3. The van der Waals surface area contributed by atoms with Gasteiger partial charge in [-0.05, 0) is 84.6 Å². The van der Waals surface area contributed by atoms with Crippen LogP contribution >= 0.6 is 0 Å². The van der Waals surface area contributed by atoms with Crippen molar-refractivity contribution in [1.29, 1.82) is 0 Å². The van der Waals surface area contributed by atoms with Crippen molar-refractivity contribution in [2.45, 2.75) is 162 Å². The summed E-state index contributed by atoms with van der Waals surface area (Å²) in [6.45, 7) is 25.9. The Morgan fingerprint density at radius 1 is 0.698 bits per heavy atom. The molecule has 0 radical (unpaired) electrons. The van der Waals surface area contributed by atoms with Crippen LogP contribution in [-0.2, 0) is 6.54 Å². The van der Waals surface area contributed by atoms with Gasteiger partial charge >= 0.3 is 0 Å². The first-order valence-electron chi connectivity index (χ1n) is 15.8. The molecule has 1 N–H and O–H groups in total. The van der Waals surface area contributed by atoms with E-state index in [1.807, 2.05) is 6.07 Å². The molecule has 1 unspecified atom stereocenters. The predicted octanol–water partition coefficient (Wildman–Crippen LogP) is 12.1. The summed E-state index contributed by atoms with van der Waals surface area (Å²) in [5.41, 5.74) is 2.74. The molecule has 0 aliphatic carbocycles. The van der Waals surface area contributed by atoms with Crippen molar-refractivity contribution in [3.63, 3.8) is 0 Å². The van der Waals surface area contributed by atoms with Gasteiger partial charge in [0.1, 0.15) is 0 Å². The number of hydrogen-bond donors (Lipinski definition) is 1. The van der Waals surface area contributed by atoms with Crippen LogP contribution in [0.4, 0.5) is 0 Å². The molecule has 0 bridgehead atoms. The van der Waals surface area contributed by atoms with E-state index >= 15 is 0 Å². The summed E-state index contributed by atoms with van der Waals surface area (Å²) in [4.78, 5) is 4.89. The van der Waals surface area contributed by atoms with E-state index in [1.54, 1.807) is 0 Å². The summed E-state index contributed by atoms with van der Waals surface area (Å²) in [6, 6.07) is 23.4. The molecule has 3 rings (SSSR count). The Labute approximate surface area is 274 Å². The zero-order chi connectivity index (χ0) is 29.6. The predicted molar refractivity (Wildman–Crippen MR) is 203 cm³/mol. The van der Waals surface area contributed by atoms with Crippen LogP contribution in [0, 0.1) is 5.92 Å². The minimum Gasteiger partial charge on any atom is -0.308 e. The second-order valence-corrected chi connectivity index (χ2v) is 12.3.